The van der Waals surface area contributed by atoms with E-state index in [4.69, 9.17) is 4.74 Å². The second-order valence-corrected chi connectivity index (χ2v) is 8.21. The van der Waals surface area contributed by atoms with Crippen LogP contribution < -0.4 is 9.64 Å². The van der Waals surface area contributed by atoms with E-state index in [0.717, 1.165) is 24.6 Å². The van der Waals surface area contributed by atoms with E-state index >= 15 is 0 Å². The van der Waals surface area contributed by atoms with Crippen LogP contribution in [0.15, 0.2) is 52.6 Å². The summed E-state index contributed by atoms with van der Waals surface area (Å²) < 4.78 is 19.6. The van der Waals surface area contributed by atoms with Crippen LogP contribution in [0.3, 0.4) is 0 Å². The molecule has 0 radical (unpaired) electrons. The summed E-state index contributed by atoms with van der Waals surface area (Å²) in [6, 6.07) is 7.51. The summed E-state index contributed by atoms with van der Waals surface area (Å²) in [6.45, 7) is 2.82. The molecule has 29 heavy (non-hydrogen) atoms. The van der Waals surface area contributed by atoms with Crippen molar-refractivity contribution in [2.75, 3.05) is 31.1 Å². The number of hydrogen-bond donors (Lipinski definition) is 0. The second-order valence-electron chi connectivity index (χ2n) is 6.48. The molecule has 1 amide bonds. The van der Waals surface area contributed by atoms with Gasteiger partial charge in [0.15, 0.2) is 5.13 Å². The highest BCUT2D eigenvalue weighted by Gasteiger charge is 2.24. The topological polar surface area (TPSA) is 58.6 Å². The molecule has 1 aliphatic heterocycles. The van der Waals surface area contributed by atoms with Crippen LogP contribution in [0.5, 0.6) is 11.6 Å². The van der Waals surface area contributed by atoms with Gasteiger partial charge < -0.3 is 14.5 Å². The Kier molecular flexibility index (Phi) is 6.05. The monoisotopic (exact) mass is 476 g/mol. The van der Waals surface area contributed by atoms with Crippen LogP contribution in [-0.4, -0.2) is 47.0 Å². The Labute approximate surface area is 180 Å². The van der Waals surface area contributed by atoms with Crippen molar-refractivity contribution in [1.29, 1.82) is 0 Å². The summed E-state index contributed by atoms with van der Waals surface area (Å²) in [5.41, 5.74) is 0.381. The van der Waals surface area contributed by atoms with Gasteiger partial charge in [0.1, 0.15) is 17.1 Å². The molecule has 1 aromatic carbocycles. The maximum Gasteiger partial charge on any atom is 0.259 e. The summed E-state index contributed by atoms with van der Waals surface area (Å²) in [4.78, 5) is 25.8. The van der Waals surface area contributed by atoms with Crippen molar-refractivity contribution in [1.82, 2.24) is 14.9 Å². The minimum absolute atomic E-state index is 0.132. The van der Waals surface area contributed by atoms with Crippen molar-refractivity contribution in [2.24, 2.45) is 0 Å². The van der Waals surface area contributed by atoms with E-state index < -0.39 is 0 Å². The highest BCUT2D eigenvalue weighted by atomic mass is 79.9. The molecule has 0 aliphatic carbocycles. The van der Waals surface area contributed by atoms with Crippen molar-refractivity contribution in [3.63, 3.8) is 0 Å². The van der Waals surface area contributed by atoms with Gasteiger partial charge in [-0.1, -0.05) is 0 Å². The lowest BCUT2D eigenvalue weighted by Crippen LogP contribution is -2.35. The number of pyridine rings is 1. The van der Waals surface area contributed by atoms with Crippen molar-refractivity contribution in [3.8, 4) is 11.6 Å². The highest BCUT2D eigenvalue weighted by Crippen LogP contribution is 2.31. The molecular weight excluding hydrogens is 459 g/mol. The molecule has 0 spiro atoms. The summed E-state index contributed by atoms with van der Waals surface area (Å²) in [7, 11) is 0. The number of anilines is 1. The van der Waals surface area contributed by atoms with Gasteiger partial charge in [-0.2, -0.15) is 0 Å². The normalized spacial score (nSPS) is 14.6. The lowest BCUT2D eigenvalue weighted by Gasteiger charge is -2.22. The molecule has 4 rings (SSSR count). The quantitative estimate of drug-likeness (QED) is 0.551. The summed E-state index contributed by atoms with van der Waals surface area (Å²) in [6.07, 6.45) is 4.21. The van der Waals surface area contributed by atoms with Crippen LogP contribution in [0.1, 0.15) is 16.8 Å². The van der Waals surface area contributed by atoms with Crippen molar-refractivity contribution in [2.45, 2.75) is 6.42 Å². The molecule has 1 saturated heterocycles. The number of rotatable bonds is 4. The molecule has 0 saturated carbocycles. The van der Waals surface area contributed by atoms with Gasteiger partial charge in [-0.15, -0.1) is 11.3 Å². The van der Waals surface area contributed by atoms with E-state index in [1.807, 2.05) is 10.3 Å². The summed E-state index contributed by atoms with van der Waals surface area (Å²) in [5.74, 6) is 0.0824. The van der Waals surface area contributed by atoms with E-state index in [9.17, 15) is 9.18 Å². The zero-order chi connectivity index (χ0) is 20.2. The smallest absolute Gasteiger partial charge is 0.259 e. The van der Waals surface area contributed by atoms with Crippen LogP contribution in [0.25, 0.3) is 0 Å². The van der Waals surface area contributed by atoms with Crippen molar-refractivity contribution >= 4 is 38.3 Å². The summed E-state index contributed by atoms with van der Waals surface area (Å²) in [5, 5.41) is 2.93. The molecule has 1 aliphatic rings. The molecule has 9 heteroatoms. The minimum atomic E-state index is -0.379. The van der Waals surface area contributed by atoms with E-state index in [1.54, 1.807) is 35.9 Å². The van der Waals surface area contributed by atoms with Crippen molar-refractivity contribution < 1.29 is 13.9 Å². The molecule has 3 aromatic rings. The third kappa shape index (κ3) is 4.56. The Balaban J connectivity index is 1.51. The number of carbonyl (C=O) groups is 1. The maximum absolute atomic E-state index is 13.3. The number of benzene rings is 1. The fraction of sp³-hybridized carbons (Fsp3) is 0.250. The first-order chi connectivity index (χ1) is 14.1. The molecule has 3 heterocycles. The van der Waals surface area contributed by atoms with Crippen LogP contribution in [-0.2, 0) is 0 Å². The number of amides is 1. The Bertz CT molecular complexity index is 1000. The van der Waals surface area contributed by atoms with E-state index in [-0.39, 0.29) is 17.6 Å². The standard InChI is InChI=1S/C20H18BrFN4O2S/c21-16-13-14(22)4-5-17(16)28-18-15(3-1-6-23-18)19(27)25-8-2-9-26(11-10-25)20-24-7-12-29-20/h1,3-7,12-13H,2,8-11H2. The Morgan fingerprint density at radius 2 is 2.03 bits per heavy atom. The van der Waals surface area contributed by atoms with Crippen LogP contribution in [0, 0.1) is 5.82 Å². The number of hydrogen-bond acceptors (Lipinski definition) is 6. The number of halogens is 2. The van der Waals surface area contributed by atoms with Gasteiger partial charge in [-0.05, 0) is 52.7 Å². The van der Waals surface area contributed by atoms with Crippen LogP contribution >= 0.6 is 27.3 Å². The predicted octanol–water partition coefficient (Wildman–Crippen LogP) is 4.58. The molecule has 1 fully saturated rings. The molecule has 150 valence electrons. The van der Waals surface area contributed by atoms with Gasteiger partial charge in [0, 0.05) is 44.0 Å². The number of ether oxygens (including phenoxy) is 1. The van der Waals surface area contributed by atoms with Gasteiger partial charge in [-0.25, -0.2) is 14.4 Å². The number of aromatic nitrogens is 2. The molecule has 0 N–H and O–H groups in total. The molecule has 0 unspecified atom stereocenters. The first kappa shape index (κ1) is 19.8. The fourth-order valence-electron chi connectivity index (χ4n) is 3.15. The molecule has 2 aromatic heterocycles. The zero-order valence-electron chi connectivity index (χ0n) is 15.4. The first-order valence-electron chi connectivity index (χ1n) is 9.13. The van der Waals surface area contributed by atoms with Gasteiger partial charge >= 0.3 is 0 Å². The zero-order valence-corrected chi connectivity index (χ0v) is 17.8. The Morgan fingerprint density at radius 1 is 1.14 bits per heavy atom. The number of nitrogens with zero attached hydrogens (tertiary/aromatic N) is 4. The van der Waals surface area contributed by atoms with Gasteiger partial charge in [-0.3, -0.25) is 4.79 Å². The van der Waals surface area contributed by atoms with Crippen molar-refractivity contribution in [3.05, 3.63) is 64.0 Å². The minimum Gasteiger partial charge on any atom is -0.437 e. The average Bonchev–Trinajstić information content (AvgIpc) is 3.15. The van der Waals surface area contributed by atoms with E-state index in [1.165, 1.54) is 18.2 Å². The SMILES string of the molecule is O=C(c1cccnc1Oc1ccc(F)cc1Br)N1CCCN(c2nccs2)CC1. The first-order valence-corrected chi connectivity index (χ1v) is 10.8. The van der Waals surface area contributed by atoms with Crippen LogP contribution in [0.4, 0.5) is 9.52 Å². The molecule has 0 bridgehead atoms. The molecule has 6 nitrogen and oxygen atoms in total. The Hall–Kier alpha value is -2.52. The molecule has 0 atom stereocenters. The summed E-state index contributed by atoms with van der Waals surface area (Å²) >= 11 is 4.88. The number of carbonyl (C=O) groups excluding carboxylic acids is 1. The van der Waals surface area contributed by atoms with Gasteiger partial charge in [0.2, 0.25) is 5.88 Å². The van der Waals surface area contributed by atoms with Gasteiger partial charge in [0.25, 0.3) is 5.91 Å². The predicted molar refractivity (Wildman–Crippen MR) is 113 cm³/mol. The lowest BCUT2D eigenvalue weighted by atomic mass is 10.2. The highest BCUT2D eigenvalue weighted by molar-refractivity contribution is 9.10. The third-order valence-electron chi connectivity index (χ3n) is 4.58. The van der Waals surface area contributed by atoms with E-state index in [2.05, 4.69) is 30.8 Å². The third-order valence-corrected chi connectivity index (χ3v) is 6.03. The van der Waals surface area contributed by atoms with Crippen LogP contribution in [0.2, 0.25) is 0 Å². The Morgan fingerprint density at radius 3 is 2.83 bits per heavy atom. The largest absolute Gasteiger partial charge is 0.437 e. The fourth-order valence-corrected chi connectivity index (χ4v) is 4.28. The average molecular weight is 477 g/mol. The second kappa shape index (κ2) is 8.87. The van der Waals surface area contributed by atoms with Gasteiger partial charge in [0.05, 0.1) is 4.47 Å². The molecular formula is C20H18BrFN4O2S. The number of thiazole rings is 1. The lowest BCUT2D eigenvalue weighted by molar-refractivity contribution is 0.0763. The van der Waals surface area contributed by atoms with E-state index in [0.29, 0.717) is 28.9 Å². The maximum atomic E-state index is 13.3.